The van der Waals surface area contributed by atoms with Crippen molar-refractivity contribution in [1.82, 2.24) is 5.32 Å². The Morgan fingerprint density at radius 2 is 2.12 bits per heavy atom. The highest BCUT2D eigenvalue weighted by Crippen LogP contribution is 2.31. The number of hydrogen-bond acceptors (Lipinski definition) is 3. The Morgan fingerprint density at radius 3 is 2.88 bits per heavy atom. The average molecular weight is 244 g/mol. The number of thiophene rings is 1. The minimum Gasteiger partial charge on any atom is -0.350 e. The summed E-state index contributed by atoms with van der Waals surface area (Å²) in [6.45, 7) is 0. The predicted octanol–water partition coefficient (Wildman–Crippen LogP) is 2.63. The topological polar surface area (TPSA) is 32.3 Å². The molecule has 0 radical (unpaired) electrons. The van der Waals surface area contributed by atoms with Gasteiger partial charge in [0, 0.05) is 12.6 Å². The number of carbonyl (C=O) groups excluding carboxylic acids is 1. The van der Waals surface area contributed by atoms with Crippen LogP contribution in [0.5, 0.6) is 0 Å². The summed E-state index contributed by atoms with van der Waals surface area (Å²) in [5.41, 5.74) is 2.84. The van der Waals surface area contributed by atoms with E-state index in [9.17, 15) is 4.79 Å². The third-order valence-corrected chi connectivity index (χ3v) is 3.74. The van der Waals surface area contributed by atoms with Gasteiger partial charge in [0.2, 0.25) is 0 Å². The van der Waals surface area contributed by atoms with Crippen LogP contribution in [0.4, 0.5) is 5.69 Å². The predicted molar refractivity (Wildman–Crippen MR) is 69.4 cm³/mol. The molecular formula is C13H12N2OS. The molecule has 1 aromatic heterocycles. The summed E-state index contributed by atoms with van der Waals surface area (Å²) >= 11 is 1.64. The van der Waals surface area contributed by atoms with Crippen molar-refractivity contribution in [3.05, 3.63) is 52.2 Å². The molecule has 0 aliphatic carbocycles. The minimum atomic E-state index is -0.0661. The van der Waals surface area contributed by atoms with Gasteiger partial charge in [0.05, 0.1) is 11.3 Å². The molecular weight excluding hydrogens is 232 g/mol. The van der Waals surface area contributed by atoms with E-state index in [4.69, 9.17) is 0 Å². The lowest BCUT2D eigenvalue weighted by Gasteiger charge is -2.35. The molecule has 3 nitrogen and oxygen atoms in total. The van der Waals surface area contributed by atoms with E-state index in [1.165, 1.54) is 0 Å². The van der Waals surface area contributed by atoms with Crippen LogP contribution >= 0.6 is 11.3 Å². The van der Waals surface area contributed by atoms with Gasteiger partial charge in [-0.2, -0.15) is 11.3 Å². The summed E-state index contributed by atoms with van der Waals surface area (Å²) in [5.74, 6) is -0.00472. The number of rotatable bonds is 1. The fraction of sp³-hybridized carbons (Fsp3) is 0.154. The van der Waals surface area contributed by atoms with Gasteiger partial charge in [-0.05, 0) is 29.0 Å². The molecule has 86 valence electrons. The molecule has 1 N–H and O–H groups in total. The minimum absolute atomic E-state index is 0.00472. The Balaban J connectivity index is 2.06. The Morgan fingerprint density at radius 1 is 1.29 bits per heavy atom. The molecule has 0 saturated carbocycles. The Labute approximate surface area is 104 Å². The molecule has 4 heteroatoms. The van der Waals surface area contributed by atoms with Crippen molar-refractivity contribution < 1.29 is 4.79 Å². The number of hydrogen-bond donors (Lipinski definition) is 1. The van der Waals surface area contributed by atoms with Gasteiger partial charge in [-0.25, -0.2) is 0 Å². The van der Waals surface area contributed by atoms with Crippen LogP contribution in [0.1, 0.15) is 22.1 Å². The average Bonchev–Trinajstić information content (AvgIpc) is 2.87. The van der Waals surface area contributed by atoms with Gasteiger partial charge < -0.3 is 10.2 Å². The molecule has 2 heterocycles. The summed E-state index contributed by atoms with van der Waals surface area (Å²) in [4.78, 5) is 14.1. The number of anilines is 1. The fourth-order valence-corrected chi connectivity index (χ4v) is 2.83. The van der Waals surface area contributed by atoms with Crippen LogP contribution in [-0.2, 0) is 0 Å². The first-order valence-corrected chi connectivity index (χ1v) is 6.36. The third-order valence-electron chi connectivity index (χ3n) is 3.04. The van der Waals surface area contributed by atoms with E-state index in [1.54, 1.807) is 11.3 Å². The molecule has 0 bridgehead atoms. The lowest BCUT2D eigenvalue weighted by Crippen LogP contribution is -2.44. The van der Waals surface area contributed by atoms with E-state index in [-0.39, 0.29) is 12.1 Å². The smallest absolute Gasteiger partial charge is 0.255 e. The van der Waals surface area contributed by atoms with Crippen LogP contribution in [0, 0.1) is 0 Å². The molecule has 2 aromatic rings. The van der Waals surface area contributed by atoms with E-state index in [1.807, 2.05) is 42.8 Å². The zero-order chi connectivity index (χ0) is 11.8. The largest absolute Gasteiger partial charge is 0.350 e. The first kappa shape index (κ1) is 10.4. The van der Waals surface area contributed by atoms with Crippen molar-refractivity contribution in [2.24, 2.45) is 0 Å². The molecule has 1 atom stereocenters. The summed E-state index contributed by atoms with van der Waals surface area (Å²) in [5, 5.41) is 7.11. The third kappa shape index (κ3) is 1.61. The number of carbonyl (C=O) groups is 1. The Bertz CT molecular complexity index is 550. The van der Waals surface area contributed by atoms with Gasteiger partial charge in [-0.1, -0.05) is 12.1 Å². The van der Waals surface area contributed by atoms with Crippen LogP contribution in [0.2, 0.25) is 0 Å². The van der Waals surface area contributed by atoms with Crippen molar-refractivity contribution in [2.45, 2.75) is 6.17 Å². The molecule has 1 amide bonds. The zero-order valence-corrected chi connectivity index (χ0v) is 10.2. The normalized spacial score (nSPS) is 18.8. The summed E-state index contributed by atoms with van der Waals surface area (Å²) in [6, 6.07) is 9.72. The van der Waals surface area contributed by atoms with Crippen LogP contribution in [0.3, 0.4) is 0 Å². The highest BCUT2D eigenvalue weighted by atomic mass is 32.1. The van der Waals surface area contributed by atoms with Gasteiger partial charge in [0.25, 0.3) is 5.91 Å². The van der Waals surface area contributed by atoms with Crippen molar-refractivity contribution in [2.75, 3.05) is 11.9 Å². The molecule has 3 rings (SSSR count). The summed E-state index contributed by atoms with van der Waals surface area (Å²) < 4.78 is 0. The first-order valence-electron chi connectivity index (χ1n) is 5.42. The molecule has 0 saturated heterocycles. The number of para-hydroxylation sites is 1. The standard InChI is InChI=1S/C13H12N2OS/c1-15-11-5-3-2-4-10(11)13(16)14-12(15)9-6-7-17-8-9/h2-8,12H,1H3,(H,14,16). The van der Waals surface area contributed by atoms with Crippen molar-refractivity contribution in [1.29, 1.82) is 0 Å². The van der Waals surface area contributed by atoms with E-state index in [2.05, 4.69) is 15.6 Å². The van der Waals surface area contributed by atoms with Gasteiger partial charge in [-0.15, -0.1) is 0 Å². The summed E-state index contributed by atoms with van der Waals surface area (Å²) in [7, 11) is 2.00. The molecule has 1 aliphatic rings. The fourth-order valence-electron chi connectivity index (χ4n) is 2.15. The van der Waals surface area contributed by atoms with Gasteiger partial charge in [0.15, 0.2) is 0 Å². The van der Waals surface area contributed by atoms with Gasteiger partial charge in [-0.3, -0.25) is 4.79 Å². The summed E-state index contributed by atoms with van der Waals surface area (Å²) in [6.07, 6.45) is -0.0661. The molecule has 17 heavy (non-hydrogen) atoms. The van der Waals surface area contributed by atoms with Gasteiger partial charge in [0.1, 0.15) is 6.17 Å². The number of fused-ring (bicyclic) bond motifs is 1. The van der Waals surface area contributed by atoms with Gasteiger partial charge >= 0.3 is 0 Å². The van der Waals surface area contributed by atoms with Crippen molar-refractivity contribution in [3.63, 3.8) is 0 Å². The monoisotopic (exact) mass is 244 g/mol. The maximum atomic E-state index is 12.0. The van der Waals surface area contributed by atoms with E-state index in [0.29, 0.717) is 0 Å². The SMILES string of the molecule is CN1c2ccccc2C(=O)NC1c1ccsc1. The van der Waals surface area contributed by atoms with Crippen molar-refractivity contribution in [3.8, 4) is 0 Å². The lowest BCUT2D eigenvalue weighted by atomic mass is 10.1. The van der Waals surface area contributed by atoms with E-state index < -0.39 is 0 Å². The number of benzene rings is 1. The Hall–Kier alpha value is -1.81. The molecule has 1 aromatic carbocycles. The molecule has 1 unspecified atom stereocenters. The quantitative estimate of drug-likeness (QED) is 0.836. The second-order valence-corrected chi connectivity index (χ2v) is 4.84. The Kier molecular flexibility index (Phi) is 2.37. The van der Waals surface area contributed by atoms with E-state index in [0.717, 1.165) is 16.8 Å². The van der Waals surface area contributed by atoms with Crippen LogP contribution < -0.4 is 10.2 Å². The second-order valence-electron chi connectivity index (χ2n) is 4.06. The zero-order valence-electron chi connectivity index (χ0n) is 9.38. The molecule has 0 fully saturated rings. The number of nitrogens with one attached hydrogen (secondary N) is 1. The van der Waals surface area contributed by atoms with Crippen LogP contribution in [0.15, 0.2) is 41.1 Å². The number of amides is 1. The maximum absolute atomic E-state index is 12.0. The van der Waals surface area contributed by atoms with Crippen LogP contribution in [-0.4, -0.2) is 13.0 Å². The highest BCUT2D eigenvalue weighted by Gasteiger charge is 2.28. The lowest BCUT2D eigenvalue weighted by molar-refractivity contribution is 0.0928. The molecule has 1 aliphatic heterocycles. The molecule has 0 spiro atoms. The maximum Gasteiger partial charge on any atom is 0.255 e. The van der Waals surface area contributed by atoms with Crippen LogP contribution in [0.25, 0.3) is 0 Å². The highest BCUT2D eigenvalue weighted by molar-refractivity contribution is 7.08. The van der Waals surface area contributed by atoms with Crippen molar-refractivity contribution >= 4 is 22.9 Å². The first-order chi connectivity index (χ1) is 8.27. The van der Waals surface area contributed by atoms with E-state index >= 15 is 0 Å². The number of nitrogens with zero attached hydrogens (tertiary/aromatic N) is 1. The second kappa shape index (κ2) is 3.89.